The van der Waals surface area contributed by atoms with Crippen molar-refractivity contribution in [3.63, 3.8) is 0 Å². The third-order valence-electron chi connectivity index (χ3n) is 7.38. The summed E-state index contributed by atoms with van der Waals surface area (Å²) in [6.45, 7) is 0. The van der Waals surface area contributed by atoms with Crippen LogP contribution in [0.5, 0.6) is 0 Å². The van der Waals surface area contributed by atoms with Crippen molar-refractivity contribution in [2.45, 2.75) is 56.8 Å². The van der Waals surface area contributed by atoms with Crippen molar-refractivity contribution in [1.29, 1.82) is 0 Å². The third kappa shape index (κ3) is 3.15. The van der Waals surface area contributed by atoms with E-state index < -0.39 is 12.2 Å². The minimum Gasteiger partial charge on any atom is -0.390 e. The lowest BCUT2D eigenvalue weighted by Crippen LogP contribution is -2.29. The van der Waals surface area contributed by atoms with Crippen LogP contribution in [0.3, 0.4) is 0 Å². The Kier molecular flexibility index (Phi) is 4.62. The van der Waals surface area contributed by atoms with Crippen molar-refractivity contribution >= 4 is 27.8 Å². The Bertz CT molecular complexity index is 1320. The van der Waals surface area contributed by atoms with Crippen molar-refractivity contribution < 1.29 is 10.2 Å². The van der Waals surface area contributed by atoms with Crippen LogP contribution in [0.1, 0.15) is 42.1 Å². The van der Waals surface area contributed by atoms with Crippen LogP contribution in [0, 0.1) is 5.92 Å². The lowest BCUT2D eigenvalue weighted by molar-refractivity contribution is 0.00545. The fraction of sp³-hybridized carbons (Fsp3) is 0.400. The van der Waals surface area contributed by atoms with Crippen LogP contribution in [0.25, 0.3) is 21.9 Å². The molecule has 3 aromatic heterocycles. The van der Waals surface area contributed by atoms with Crippen LogP contribution in [-0.4, -0.2) is 41.9 Å². The molecular formula is C25H27N5O2. The molecule has 6 rings (SSSR count). The van der Waals surface area contributed by atoms with E-state index in [9.17, 15) is 10.2 Å². The summed E-state index contributed by atoms with van der Waals surface area (Å²) in [6.07, 6.45) is 7.47. The monoisotopic (exact) mass is 429 g/mol. The topological polar surface area (TPSA) is 110 Å². The number of nitrogens with zero attached hydrogens (tertiary/aromatic N) is 4. The highest BCUT2D eigenvalue weighted by atomic mass is 16.3. The number of aryl methyl sites for hydroxylation is 3. The van der Waals surface area contributed by atoms with E-state index >= 15 is 0 Å². The predicted octanol–water partition coefficient (Wildman–Crippen LogP) is 2.97. The molecule has 0 spiro atoms. The summed E-state index contributed by atoms with van der Waals surface area (Å²) in [4.78, 5) is 13.3. The second kappa shape index (κ2) is 7.53. The highest BCUT2D eigenvalue weighted by Gasteiger charge is 2.42. The molecule has 0 unspecified atom stereocenters. The zero-order chi connectivity index (χ0) is 21.8. The minimum absolute atomic E-state index is 0.00955. The SMILES string of the molecule is Nc1ncnc2c1ccn2[C@@H]1C[C@H](CCc2ccc3cc4c(nc3c2)CCC4)[C@@H](O)[C@H]1O. The first-order valence-electron chi connectivity index (χ1n) is 11.4. The Morgan fingerprint density at radius 3 is 2.88 bits per heavy atom. The average Bonchev–Trinajstić information content (AvgIpc) is 3.50. The standard InChI is InChI=1S/C25H27N5O2/c26-24-18-8-9-30(25(18)28-13-27-24)21-12-17(22(31)23(21)32)7-5-14-4-6-16-11-15-2-1-3-19(15)29-20(16)10-14/h4,6,8-11,13,17,21-23,31-32H,1-3,5,7,12H2,(H2,26,27,28)/t17-,21+,22+,23-/m0/s1. The summed E-state index contributed by atoms with van der Waals surface area (Å²) in [7, 11) is 0. The number of hydrogen-bond acceptors (Lipinski definition) is 6. The Hall–Kier alpha value is -3.03. The summed E-state index contributed by atoms with van der Waals surface area (Å²) < 4.78 is 1.93. The Morgan fingerprint density at radius 2 is 1.97 bits per heavy atom. The number of aromatic nitrogens is 4. The van der Waals surface area contributed by atoms with Gasteiger partial charge in [-0.15, -0.1) is 0 Å². The molecule has 0 aliphatic heterocycles. The number of aliphatic hydroxyl groups excluding tert-OH is 2. The lowest BCUT2D eigenvalue weighted by Gasteiger charge is -2.19. The summed E-state index contributed by atoms with van der Waals surface area (Å²) in [5.41, 5.74) is 11.6. The zero-order valence-electron chi connectivity index (χ0n) is 17.9. The predicted molar refractivity (Wildman–Crippen MR) is 123 cm³/mol. The van der Waals surface area contributed by atoms with E-state index in [0.29, 0.717) is 17.9 Å². The normalized spacial score (nSPS) is 25.1. The smallest absolute Gasteiger partial charge is 0.145 e. The number of fused-ring (bicyclic) bond motifs is 3. The minimum atomic E-state index is -0.840. The fourth-order valence-electron chi connectivity index (χ4n) is 5.60. The van der Waals surface area contributed by atoms with Gasteiger partial charge in [-0.1, -0.05) is 12.1 Å². The largest absolute Gasteiger partial charge is 0.390 e. The van der Waals surface area contributed by atoms with Crippen LogP contribution in [0.15, 0.2) is 42.9 Å². The number of hydrogen-bond donors (Lipinski definition) is 3. The maximum atomic E-state index is 10.8. The molecule has 4 aromatic rings. The average molecular weight is 430 g/mol. The number of nitrogen functional groups attached to an aromatic ring is 1. The van der Waals surface area contributed by atoms with Gasteiger partial charge in [0.1, 0.15) is 23.9 Å². The molecule has 1 fully saturated rings. The van der Waals surface area contributed by atoms with Crippen LogP contribution in [0.4, 0.5) is 5.82 Å². The molecule has 4 N–H and O–H groups in total. The molecule has 0 amide bonds. The molecule has 164 valence electrons. The third-order valence-corrected chi connectivity index (χ3v) is 7.38. The Balaban J connectivity index is 1.20. The van der Waals surface area contributed by atoms with Gasteiger partial charge in [0, 0.05) is 17.3 Å². The highest BCUT2D eigenvalue weighted by molar-refractivity contribution is 5.86. The second-order valence-corrected chi connectivity index (χ2v) is 9.28. The van der Waals surface area contributed by atoms with Gasteiger partial charge in [-0.25, -0.2) is 9.97 Å². The van der Waals surface area contributed by atoms with Gasteiger partial charge in [0.15, 0.2) is 0 Å². The number of anilines is 1. The summed E-state index contributed by atoms with van der Waals surface area (Å²) in [5, 5.41) is 23.5. The van der Waals surface area contributed by atoms with Crippen molar-refractivity contribution in [3.8, 4) is 0 Å². The summed E-state index contributed by atoms with van der Waals surface area (Å²) in [5.74, 6) is 0.434. The first kappa shape index (κ1) is 19.6. The number of benzene rings is 1. The van der Waals surface area contributed by atoms with Gasteiger partial charge in [-0.05, 0) is 73.8 Å². The van der Waals surface area contributed by atoms with Gasteiger partial charge in [-0.3, -0.25) is 4.98 Å². The number of nitrogens with two attached hydrogens (primary N) is 1. The van der Waals surface area contributed by atoms with Crippen molar-refractivity contribution in [1.82, 2.24) is 19.5 Å². The molecule has 0 bridgehead atoms. The first-order chi connectivity index (χ1) is 15.6. The number of pyridine rings is 1. The van der Waals surface area contributed by atoms with E-state index in [2.05, 4.69) is 34.2 Å². The molecule has 0 saturated heterocycles. The molecule has 2 aliphatic carbocycles. The molecule has 1 aromatic carbocycles. The van der Waals surface area contributed by atoms with E-state index in [-0.39, 0.29) is 12.0 Å². The first-order valence-corrected chi connectivity index (χ1v) is 11.4. The highest BCUT2D eigenvalue weighted by Crippen LogP contribution is 2.39. The maximum Gasteiger partial charge on any atom is 0.145 e. The van der Waals surface area contributed by atoms with Crippen LogP contribution < -0.4 is 5.73 Å². The lowest BCUT2D eigenvalue weighted by atomic mass is 9.95. The van der Waals surface area contributed by atoms with E-state index in [0.717, 1.165) is 36.6 Å². The summed E-state index contributed by atoms with van der Waals surface area (Å²) in [6, 6.07) is 10.4. The van der Waals surface area contributed by atoms with Crippen molar-refractivity contribution in [2.24, 2.45) is 5.92 Å². The Morgan fingerprint density at radius 1 is 1.06 bits per heavy atom. The molecule has 7 nitrogen and oxygen atoms in total. The molecule has 0 radical (unpaired) electrons. The molecule has 32 heavy (non-hydrogen) atoms. The molecule has 3 heterocycles. The summed E-state index contributed by atoms with van der Waals surface area (Å²) >= 11 is 0. The van der Waals surface area contributed by atoms with E-state index in [1.807, 2.05) is 16.8 Å². The molecule has 2 aliphatic rings. The fourth-order valence-corrected chi connectivity index (χ4v) is 5.60. The van der Waals surface area contributed by atoms with Gasteiger partial charge in [0.2, 0.25) is 0 Å². The van der Waals surface area contributed by atoms with Gasteiger partial charge in [0.25, 0.3) is 0 Å². The molecule has 4 atom stereocenters. The molecule has 7 heteroatoms. The van der Waals surface area contributed by atoms with Crippen molar-refractivity contribution in [3.05, 3.63) is 59.7 Å². The zero-order valence-corrected chi connectivity index (χ0v) is 17.9. The van der Waals surface area contributed by atoms with Crippen LogP contribution in [0.2, 0.25) is 0 Å². The quantitative estimate of drug-likeness (QED) is 0.460. The molecule has 1 saturated carbocycles. The van der Waals surface area contributed by atoms with Gasteiger partial charge < -0.3 is 20.5 Å². The number of rotatable bonds is 4. The van der Waals surface area contributed by atoms with Crippen LogP contribution in [-0.2, 0) is 19.3 Å². The van der Waals surface area contributed by atoms with E-state index in [1.165, 1.54) is 35.0 Å². The van der Waals surface area contributed by atoms with Crippen molar-refractivity contribution in [2.75, 3.05) is 5.73 Å². The van der Waals surface area contributed by atoms with Gasteiger partial charge in [0.05, 0.1) is 23.0 Å². The van der Waals surface area contributed by atoms with Gasteiger partial charge in [-0.2, -0.15) is 0 Å². The maximum absolute atomic E-state index is 10.8. The van der Waals surface area contributed by atoms with Crippen LogP contribution >= 0.6 is 0 Å². The molecular weight excluding hydrogens is 402 g/mol. The van der Waals surface area contributed by atoms with E-state index in [4.69, 9.17) is 10.7 Å². The van der Waals surface area contributed by atoms with Gasteiger partial charge >= 0.3 is 0 Å². The number of aliphatic hydroxyl groups is 2. The second-order valence-electron chi connectivity index (χ2n) is 9.28. The van der Waals surface area contributed by atoms with E-state index in [1.54, 1.807) is 0 Å². The Labute approximate surface area is 185 Å².